The Morgan fingerprint density at radius 2 is 2.00 bits per heavy atom. The number of Topliss-reactive ketones (excluding diaryl/α,β-unsaturated/α-hetero) is 1. The average molecular weight is 173 g/mol. The van der Waals surface area contributed by atoms with Crippen molar-refractivity contribution in [3.63, 3.8) is 0 Å². The van der Waals surface area contributed by atoms with Crippen molar-refractivity contribution < 1.29 is 14.7 Å². The van der Waals surface area contributed by atoms with Gasteiger partial charge in [-0.3, -0.25) is 9.59 Å². The Bertz CT molecular complexity index is 179. The third kappa shape index (κ3) is 3.48. The van der Waals surface area contributed by atoms with Gasteiger partial charge < -0.3 is 10.4 Å². The van der Waals surface area contributed by atoms with Crippen LogP contribution in [-0.4, -0.2) is 29.9 Å². The molecule has 0 saturated carbocycles. The zero-order chi connectivity index (χ0) is 9.72. The molecule has 2 unspecified atom stereocenters. The molecule has 0 aliphatic heterocycles. The van der Waals surface area contributed by atoms with Crippen LogP contribution in [0.2, 0.25) is 0 Å². The molecule has 4 nitrogen and oxygen atoms in total. The quantitative estimate of drug-likeness (QED) is 0.626. The minimum absolute atomic E-state index is 0.00981. The molecule has 0 aliphatic carbocycles. The number of hydrogen-bond acceptors (Lipinski definition) is 3. The molecular formula is C8H15NO3. The molecule has 4 heteroatoms. The minimum Gasteiger partial charge on any atom is -0.481 e. The van der Waals surface area contributed by atoms with Crippen molar-refractivity contribution in [1.29, 1.82) is 0 Å². The van der Waals surface area contributed by atoms with Crippen LogP contribution in [0.1, 0.15) is 20.3 Å². The number of aliphatic carboxylic acids is 1. The van der Waals surface area contributed by atoms with Crippen LogP contribution in [0, 0.1) is 5.92 Å². The van der Waals surface area contributed by atoms with Gasteiger partial charge in [0.05, 0.1) is 6.42 Å². The molecule has 0 spiro atoms. The Kier molecular flexibility index (Phi) is 4.51. The van der Waals surface area contributed by atoms with E-state index in [1.54, 1.807) is 14.0 Å². The zero-order valence-electron chi connectivity index (χ0n) is 7.63. The SMILES string of the molecule is CNC(CC(=O)O)C(C)C(C)=O. The summed E-state index contributed by atoms with van der Waals surface area (Å²) < 4.78 is 0. The van der Waals surface area contributed by atoms with Gasteiger partial charge in [-0.25, -0.2) is 0 Å². The lowest BCUT2D eigenvalue weighted by atomic mass is 9.95. The summed E-state index contributed by atoms with van der Waals surface area (Å²) >= 11 is 0. The summed E-state index contributed by atoms with van der Waals surface area (Å²) in [5.41, 5.74) is 0. The molecule has 70 valence electrons. The summed E-state index contributed by atoms with van der Waals surface area (Å²) in [6.07, 6.45) is -0.0166. The smallest absolute Gasteiger partial charge is 0.304 e. The lowest BCUT2D eigenvalue weighted by Gasteiger charge is -2.18. The molecule has 0 bridgehead atoms. The van der Waals surface area contributed by atoms with Crippen LogP contribution in [0.4, 0.5) is 0 Å². The van der Waals surface area contributed by atoms with Crippen molar-refractivity contribution in [3.8, 4) is 0 Å². The molecule has 2 N–H and O–H groups in total. The number of hydrogen-bond donors (Lipinski definition) is 2. The molecule has 0 fully saturated rings. The normalized spacial score (nSPS) is 15.2. The molecule has 0 radical (unpaired) electrons. The Morgan fingerprint density at radius 1 is 1.50 bits per heavy atom. The Hall–Kier alpha value is -0.900. The standard InChI is InChI=1S/C8H15NO3/c1-5(6(2)10)7(9-3)4-8(11)12/h5,7,9H,4H2,1-3H3,(H,11,12). The van der Waals surface area contributed by atoms with E-state index in [0.717, 1.165) is 0 Å². The molecule has 0 aliphatic rings. The van der Waals surface area contributed by atoms with E-state index in [9.17, 15) is 9.59 Å². The zero-order valence-corrected chi connectivity index (χ0v) is 7.63. The van der Waals surface area contributed by atoms with Crippen LogP contribution in [0.5, 0.6) is 0 Å². The van der Waals surface area contributed by atoms with Crippen LogP contribution in [0.15, 0.2) is 0 Å². The maximum atomic E-state index is 10.9. The van der Waals surface area contributed by atoms with Gasteiger partial charge >= 0.3 is 5.97 Å². The molecule has 0 heterocycles. The highest BCUT2D eigenvalue weighted by atomic mass is 16.4. The third-order valence-corrected chi connectivity index (χ3v) is 2.01. The minimum atomic E-state index is -0.887. The summed E-state index contributed by atoms with van der Waals surface area (Å²) in [5.74, 6) is -1.12. The van der Waals surface area contributed by atoms with Gasteiger partial charge in [-0.1, -0.05) is 6.92 Å². The maximum absolute atomic E-state index is 10.9. The van der Waals surface area contributed by atoms with Crippen LogP contribution < -0.4 is 5.32 Å². The summed E-state index contributed by atoms with van der Waals surface area (Å²) in [6.45, 7) is 3.20. The van der Waals surface area contributed by atoms with E-state index in [-0.39, 0.29) is 24.2 Å². The van der Waals surface area contributed by atoms with Gasteiger partial charge in [-0.15, -0.1) is 0 Å². The number of nitrogens with one attached hydrogen (secondary N) is 1. The van der Waals surface area contributed by atoms with Gasteiger partial charge in [0.1, 0.15) is 5.78 Å². The van der Waals surface area contributed by atoms with Crippen molar-refractivity contribution in [3.05, 3.63) is 0 Å². The molecule has 0 amide bonds. The van der Waals surface area contributed by atoms with Crippen LogP contribution in [-0.2, 0) is 9.59 Å². The molecule has 0 aromatic rings. The number of ketones is 1. The van der Waals surface area contributed by atoms with Crippen LogP contribution in [0.25, 0.3) is 0 Å². The predicted molar refractivity (Wildman–Crippen MR) is 44.9 cm³/mol. The van der Waals surface area contributed by atoms with E-state index < -0.39 is 5.97 Å². The third-order valence-electron chi connectivity index (χ3n) is 2.01. The second-order valence-corrected chi connectivity index (χ2v) is 2.89. The van der Waals surface area contributed by atoms with E-state index >= 15 is 0 Å². The Balaban J connectivity index is 4.14. The van der Waals surface area contributed by atoms with E-state index in [0.29, 0.717) is 0 Å². The van der Waals surface area contributed by atoms with Crippen molar-refractivity contribution in [1.82, 2.24) is 5.32 Å². The first kappa shape index (κ1) is 11.1. The Labute approximate surface area is 72.0 Å². The van der Waals surface area contributed by atoms with Gasteiger partial charge in [-0.2, -0.15) is 0 Å². The predicted octanol–water partition coefficient (Wildman–Crippen LogP) is 0.274. The van der Waals surface area contributed by atoms with E-state index in [2.05, 4.69) is 5.32 Å². The van der Waals surface area contributed by atoms with Gasteiger partial charge in [0, 0.05) is 12.0 Å². The molecule has 0 aromatic heterocycles. The maximum Gasteiger partial charge on any atom is 0.304 e. The van der Waals surface area contributed by atoms with Gasteiger partial charge in [0.25, 0.3) is 0 Å². The fourth-order valence-electron chi connectivity index (χ4n) is 1.00. The topological polar surface area (TPSA) is 66.4 Å². The fraction of sp³-hybridized carbons (Fsp3) is 0.750. The van der Waals surface area contributed by atoms with Crippen molar-refractivity contribution in [2.75, 3.05) is 7.05 Å². The van der Waals surface area contributed by atoms with Crippen molar-refractivity contribution in [2.45, 2.75) is 26.3 Å². The summed E-state index contributed by atoms with van der Waals surface area (Å²) in [7, 11) is 1.66. The number of rotatable bonds is 5. The molecule has 2 atom stereocenters. The van der Waals surface area contributed by atoms with Gasteiger partial charge in [0.15, 0.2) is 0 Å². The van der Waals surface area contributed by atoms with Crippen molar-refractivity contribution >= 4 is 11.8 Å². The highest BCUT2D eigenvalue weighted by Gasteiger charge is 2.21. The highest BCUT2D eigenvalue weighted by molar-refractivity contribution is 5.79. The molecule has 0 aromatic carbocycles. The Morgan fingerprint density at radius 3 is 2.25 bits per heavy atom. The van der Waals surface area contributed by atoms with E-state index in [4.69, 9.17) is 5.11 Å². The largest absolute Gasteiger partial charge is 0.481 e. The van der Waals surface area contributed by atoms with Crippen LogP contribution >= 0.6 is 0 Å². The van der Waals surface area contributed by atoms with Gasteiger partial charge in [-0.05, 0) is 14.0 Å². The van der Waals surface area contributed by atoms with Crippen molar-refractivity contribution in [2.24, 2.45) is 5.92 Å². The molecule has 0 saturated heterocycles. The second kappa shape index (κ2) is 4.87. The number of carbonyl (C=O) groups is 2. The van der Waals surface area contributed by atoms with E-state index in [1.807, 2.05) is 0 Å². The average Bonchev–Trinajstić information content (AvgIpc) is 1.98. The lowest BCUT2D eigenvalue weighted by molar-refractivity contribution is -0.138. The molecule has 0 rings (SSSR count). The lowest BCUT2D eigenvalue weighted by Crippen LogP contribution is -2.37. The van der Waals surface area contributed by atoms with Gasteiger partial charge in [0.2, 0.25) is 0 Å². The second-order valence-electron chi connectivity index (χ2n) is 2.89. The first-order chi connectivity index (χ1) is 5.49. The number of carbonyl (C=O) groups excluding carboxylic acids is 1. The summed E-state index contributed by atoms with van der Waals surface area (Å²) in [4.78, 5) is 21.2. The number of carboxylic acid groups (broad SMARTS) is 1. The molecular weight excluding hydrogens is 158 g/mol. The first-order valence-corrected chi connectivity index (χ1v) is 3.88. The first-order valence-electron chi connectivity index (χ1n) is 3.88. The summed E-state index contributed by atoms with van der Waals surface area (Å²) in [5, 5.41) is 11.3. The van der Waals surface area contributed by atoms with E-state index in [1.165, 1.54) is 6.92 Å². The molecule has 12 heavy (non-hydrogen) atoms. The monoisotopic (exact) mass is 173 g/mol. The summed E-state index contributed by atoms with van der Waals surface area (Å²) in [6, 6.07) is -0.264. The number of carboxylic acids is 1. The van der Waals surface area contributed by atoms with Crippen LogP contribution in [0.3, 0.4) is 0 Å². The fourth-order valence-corrected chi connectivity index (χ4v) is 1.00. The highest BCUT2D eigenvalue weighted by Crippen LogP contribution is 2.07.